The van der Waals surface area contributed by atoms with Crippen LogP contribution in [0.5, 0.6) is 0 Å². The second-order valence-electron chi connectivity index (χ2n) is 4.25. The topological polar surface area (TPSA) is 58.0 Å². The van der Waals surface area contributed by atoms with Gasteiger partial charge in [0.25, 0.3) is 0 Å². The van der Waals surface area contributed by atoms with E-state index in [4.69, 9.17) is 16.7 Å². The highest BCUT2D eigenvalue weighted by molar-refractivity contribution is 6.29. The van der Waals surface area contributed by atoms with E-state index < -0.39 is 12.0 Å². The molecule has 108 valence electrons. The molecule has 1 heterocycles. The minimum Gasteiger partial charge on any atom is -0.396 e. The molecule has 2 N–H and O–H groups in total. The van der Waals surface area contributed by atoms with Gasteiger partial charge in [-0.2, -0.15) is 13.2 Å². The zero-order chi connectivity index (χ0) is 14.5. The fraction of sp³-hybridized carbons (Fsp3) is 0.636. The Balaban J connectivity index is 2.57. The first-order valence-electron chi connectivity index (χ1n) is 5.79. The number of alkyl halides is 3. The SMILES string of the molecule is CC(CO)CCCNc1cc(Cl)nc(C(F)(F)F)n1. The zero-order valence-electron chi connectivity index (χ0n) is 10.3. The van der Waals surface area contributed by atoms with Crippen LogP contribution in [0.15, 0.2) is 6.07 Å². The Morgan fingerprint density at radius 1 is 1.42 bits per heavy atom. The molecule has 0 saturated heterocycles. The van der Waals surface area contributed by atoms with Gasteiger partial charge < -0.3 is 10.4 Å². The number of aliphatic hydroxyl groups is 1. The third-order valence-electron chi connectivity index (χ3n) is 2.44. The van der Waals surface area contributed by atoms with Gasteiger partial charge in [0.05, 0.1) is 0 Å². The van der Waals surface area contributed by atoms with Gasteiger partial charge in [0.15, 0.2) is 0 Å². The summed E-state index contributed by atoms with van der Waals surface area (Å²) in [6.07, 6.45) is -3.13. The van der Waals surface area contributed by atoms with Crippen molar-refractivity contribution in [2.24, 2.45) is 5.92 Å². The van der Waals surface area contributed by atoms with E-state index in [0.717, 1.165) is 6.42 Å². The lowest BCUT2D eigenvalue weighted by Crippen LogP contribution is -2.14. The van der Waals surface area contributed by atoms with Crippen molar-refractivity contribution < 1.29 is 18.3 Å². The average Bonchev–Trinajstić information content (AvgIpc) is 2.32. The molecule has 0 aliphatic rings. The van der Waals surface area contributed by atoms with Crippen LogP contribution < -0.4 is 5.32 Å². The number of nitrogens with zero attached hydrogens (tertiary/aromatic N) is 2. The van der Waals surface area contributed by atoms with Gasteiger partial charge >= 0.3 is 6.18 Å². The molecular weight excluding hydrogens is 283 g/mol. The molecule has 19 heavy (non-hydrogen) atoms. The van der Waals surface area contributed by atoms with Crippen molar-refractivity contribution in [1.29, 1.82) is 0 Å². The molecule has 0 aromatic carbocycles. The van der Waals surface area contributed by atoms with E-state index in [2.05, 4.69) is 15.3 Å². The molecule has 1 atom stereocenters. The summed E-state index contributed by atoms with van der Waals surface area (Å²) in [4.78, 5) is 6.49. The molecule has 0 bridgehead atoms. The van der Waals surface area contributed by atoms with Crippen molar-refractivity contribution in [3.05, 3.63) is 17.0 Å². The summed E-state index contributed by atoms with van der Waals surface area (Å²) >= 11 is 5.52. The van der Waals surface area contributed by atoms with E-state index in [0.29, 0.717) is 13.0 Å². The molecule has 0 radical (unpaired) electrons. The van der Waals surface area contributed by atoms with Crippen molar-refractivity contribution in [2.75, 3.05) is 18.5 Å². The highest BCUT2D eigenvalue weighted by atomic mass is 35.5. The summed E-state index contributed by atoms with van der Waals surface area (Å²) in [5, 5.41) is 11.3. The Morgan fingerprint density at radius 3 is 2.68 bits per heavy atom. The maximum Gasteiger partial charge on any atom is 0.451 e. The molecule has 0 amide bonds. The first-order valence-corrected chi connectivity index (χ1v) is 6.17. The van der Waals surface area contributed by atoms with E-state index in [9.17, 15) is 13.2 Å². The molecule has 1 aromatic heterocycles. The van der Waals surface area contributed by atoms with Crippen LogP contribution in [-0.2, 0) is 6.18 Å². The smallest absolute Gasteiger partial charge is 0.396 e. The number of halogens is 4. The lowest BCUT2D eigenvalue weighted by molar-refractivity contribution is -0.144. The molecule has 8 heteroatoms. The van der Waals surface area contributed by atoms with Crippen molar-refractivity contribution in [3.8, 4) is 0 Å². The Morgan fingerprint density at radius 2 is 2.11 bits per heavy atom. The van der Waals surface area contributed by atoms with E-state index in [1.807, 2.05) is 6.92 Å². The zero-order valence-corrected chi connectivity index (χ0v) is 11.1. The van der Waals surface area contributed by atoms with Crippen LogP contribution in [0.3, 0.4) is 0 Å². The maximum absolute atomic E-state index is 12.4. The van der Waals surface area contributed by atoms with Gasteiger partial charge in [-0.3, -0.25) is 0 Å². The van der Waals surface area contributed by atoms with Gasteiger partial charge in [-0.05, 0) is 18.8 Å². The first-order chi connectivity index (χ1) is 8.82. The van der Waals surface area contributed by atoms with Gasteiger partial charge in [0.2, 0.25) is 5.82 Å². The Bertz CT molecular complexity index is 415. The standard InChI is InChI=1S/C11H15ClF3N3O/c1-7(6-19)3-2-4-16-9-5-8(12)17-10(18-9)11(13,14)15/h5,7,19H,2-4,6H2,1H3,(H,16,17,18). The van der Waals surface area contributed by atoms with Crippen LogP contribution in [0.25, 0.3) is 0 Å². The van der Waals surface area contributed by atoms with E-state index in [1.54, 1.807) is 0 Å². The molecule has 1 rings (SSSR count). The molecule has 0 saturated carbocycles. The number of rotatable bonds is 6. The van der Waals surface area contributed by atoms with Crippen LogP contribution in [0.4, 0.5) is 19.0 Å². The Labute approximate surface area is 114 Å². The van der Waals surface area contributed by atoms with Gasteiger partial charge in [0, 0.05) is 19.2 Å². The number of anilines is 1. The summed E-state index contributed by atoms with van der Waals surface area (Å²) in [7, 11) is 0. The molecular formula is C11H15ClF3N3O. The maximum atomic E-state index is 12.4. The summed E-state index contributed by atoms with van der Waals surface area (Å²) in [5.41, 5.74) is 0. The second-order valence-corrected chi connectivity index (χ2v) is 4.64. The van der Waals surface area contributed by atoms with Crippen LogP contribution >= 0.6 is 11.6 Å². The van der Waals surface area contributed by atoms with E-state index >= 15 is 0 Å². The van der Waals surface area contributed by atoms with Gasteiger partial charge in [-0.15, -0.1) is 0 Å². The molecule has 0 aliphatic heterocycles. The second kappa shape index (κ2) is 6.91. The van der Waals surface area contributed by atoms with Crippen LogP contribution in [-0.4, -0.2) is 28.2 Å². The summed E-state index contributed by atoms with van der Waals surface area (Å²) in [6, 6.07) is 1.24. The quantitative estimate of drug-likeness (QED) is 0.626. The minimum atomic E-state index is -4.62. The lowest BCUT2D eigenvalue weighted by atomic mass is 10.1. The third-order valence-corrected chi connectivity index (χ3v) is 2.63. The summed E-state index contributed by atoms with van der Waals surface area (Å²) in [5.74, 6) is -1.04. The van der Waals surface area contributed by atoms with E-state index in [-0.39, 0.29) is 23.5 Å². The average molecular weight is 298 g/mol. The number of aliphatic hydroxyl groups excluding tert-OH is 1. The molecule has 0 aliphatic carbocycles. The predicted molar refractivity (Wildman–Crippen MR) is 66.0 cm³/mol. The highest BCUT2D eigenvalue weighted by Gasteiger charge is 2.35. The summed E-state index contributed by atoms with van der Waals surface area (Å²) < 4.78 is 37.3. The van der Waals surface area contributed by atoms with Crippen LogP contribution in [0.1, 0.15) is 25.6 Å². The van der Waals surface area contributed by atoms with Gasteiger partial charge in [0.1, 0.15) is 11.0 Å². The molecule has 4 nitrogen and oxygen atoms in total. The normalized spacial score (nSPS) is 13.4. The lowest BCUT2D eigenvalue weighted by Gasteiger charge is -2.11. The van der Waals surface area contributed by atoms with Gasteiger partial charge in [-0.1, -0.05) is 18.5 Å². The molecule has 1 aromatic rings. The Hall–Kier alpha value is -1.08. The molecule has 1 unspecified atom stereocenters. The van der Waals surface area contributed by atoms with Crippen LogP contribution in [0.2, 0.25) is 5.15 Å². The minimum absolute atomic E-state index is 0.0453. The van der Waals surface area contributed by atoms with Crippen molar-refractivity contribution in [2.45, 2.75) is 25.9 Å². The fourth-order valence-corrected chi connectivity index (χ4v) is 1.58. The molecule has 0 fully saturated rings. The van der Waals surface area contributed by atoms with Crippen molar-refractivity contribution >= 4 is 17.4 Å². The van der Waals surface area contributed by atoms with Crippen molar-refractivity contribution in [1.82, 2.24) is 9.97 Å². The first kappa shape index (κ1) is 16.0. The third kappa shape index (κ3) is 5.61. The van der Waals surface area contributed by atoms with Gasteiger partial charge in [-0.25, -0.2) is 9.97 Å². The number of hydrogen-bond donors (Lipinski definition) is 2. The number of nitrogens with one attached hydrogen (secondary N) is 1. The van der Waals surface area contributed by atoms with Crippen LogP contribution in [0, 0.1) is 5.92 Å². The molecule has 0 spiro atoms. The number of aromatic nitrogens is 2. The van der Waals surface area contributed by atoms with E-state index in [1.165, 1.54) is 6.07 Å². The monoisotopic (exact) mass is 297 g/mol. The highest BCUT2D eigenvalue weighted by Crippen LogP contribution is 2.28. The Kier molecular flexibility index (Phi) is 5.81. The fourth-order valence-electron chi connectivity index (χ4n) is 1.39. The van der Waals surface area contributed by atoms with Crippen molar-refractivity contribution in [3.63, 3.8) is 0 Å². The predicted octanol–water partition coefficient (Wildman–Crippen LogP) is 2.97. The summed E-state index contributed by atoms with van der Waals surface area (Å²) in [6.45, 7) is 2.44. The largest absolute Gasteiger partial charge is 0.451 e. The number of hydrogen-bond acceptors (Lipinski definition) is 4.